The molecule has 0 aromatic rings. The fourth-order valence-corrected chi connectivity index (χ4v) is 8.17. The van der Waals surface area contributed by atoms with E-state index in [2.05, 4.69) is 106 Å². The van der Waals surface area contributed by atoms with Gasteiger partial charge in [-0.2, -0.15) is 0 Å². The largest absolute Gasteiger partial charge is 0.0883 e. The molecule has 0 aromatic heterocycles. The van der Waals surface area contributed by atoms with E-state index in [0.29, 0.717) is 10.8 Å². The van der Waals surface area contributed by atoms with Gasteiger partial charge >= 0.3 is 0 Å². The first-order valence-corrected chi connectivity index (χ1v) is 17.8. The van der Waals surface area contributed by atoms with E-state index in [-0.39, 0.29) is 0 Å². The molecule has 0 aliphatic heterocycles. The summed E-state index contributed by atoms with van der Waals surface area (Å²) in [4.78, 5) is 0. The lowest BCUT2D eigenvalue weighted by atomic mass is 9.64. The van der Waals surface area contributed by atoms with E-state index in [1.54, 1.807) is 0 Å². The molecule has 2 saturated carbocycles. The molecule has 0 heteroatoms. The van der Waals surface area contributed by atoms with E-state index in [4.69, 9.17) is 0 Å². The Hall–Kier alpha value is -0.780. The molecule has 0 heterocycles. The van der Waals surface area contributed by atoms with Gasteiger partial charge in [0.05, 0.1) is 0 Å². The van der Waals surface area contributed by atoms with Crippen LogP contribution >= 0.6 is 0 Å². The van der Waals surface area contributed by atoms with E-state index in [1.807, 2.05) is 0 Å². The highest BCUT2D eigenvalue weighted by Gasteiger charge is 2.35. The van der Waals surface area contributed by atoms with Crippen molar-refractivity contribution in [1.29, 1.82) is 0 Å². The van der Waals surface area contributed by atoms with Crippen molar-refractivity contribution < 1.29 is 0 Å². The molecule has 0 amide bonds. The standard InChI is InChI=1S/C40H72/c1-31(19-13-21-33(3)25-27-37-35(5)23-15-29-39(37,7)8)17-11-12-18-32(2)20-14-22-34(4)26-28-38-36(6)24-16-30-40(38,9)10/h11-12,25-28,31-38H,13-24,29-30H2,1-10H3/b12-11+,27-25+,28-26+/t31-,32+,33+,34-,35+,36-,37-,38+. The Labute approximate surface area is 253 Å². The van der Waals surface area contributed by atoms with Gasteiger partial charge in [0.15, 0.2) is 0 Å². The Bertz CT molecular complexity index is 699. The normalized spacial score (nSPS) is 30.1. The smallest absolute Gasteiger partial charge is 0.0156 e. The lowest BCUT2D eigenvalue weighted by Gasteiger charge is -2.41. The predicted octanol–water partition coefficient (Wildman–Crippen LogP) is 13.2. The Morgan fingerprint density at radius 3 is 1.32 bits per heavy atom. The van der Waals surface area contributed by atoms with Gasteiger partial charge in [-0.05, 0) is 96.7 Å². The summed E-state index contributed by atoms with van der Waals surface area (Å²) in [6.07, 6.45) is 34.3. The highest BCUT2D eigenvalue weighted by atomic mass is 14.4. The molecular weight excluding hydrogens is 480 g/mol. The third-order valence-corrected chi connectivity index (χ3v) is 11.2. The summed E-state index contributed by atoms with van der Waals surface area (Å²) >= 11 is 0. The third-order valence-electron chi connectivity index (χ3n) is 11.2. The van der Waals surface area contributed by atoms with Crippen LogP contribution in [-0.2, 0) is 0 Å². The predicted molar refractivity (Wildman–Crippen MR) is 182 cm³/mol. The molecule has 0 nitrogen and oxygen atoms in total. The molecule has 0 unspecified atom stereocenters. The van der Waals surface area contributed by atoms with Crippen LogP contribution in [0.15, 0.2) is 36.5 Å². The Kier molecular flexibility index (Phi) is 15.4. The molecule has 2 rings (SSSR count). The second-order valence-corrected chi connectivity index (χ2v) is 16.5. The van der Waals surface area contributed by atoms with Crippen molar-refractivity contribution in [2.75, 3.05) is 0 Å². The molecule has 232 valence electrons. The van der Waals surface area contributed by atoms with Crippen molar-refractivity contribution in [1.82, 2.24) is 0 Å². The Balaban J connectivity index is 1.56. The second kappa shape index (κ2) is 17.4. The fourth-order valence-electron chi connectivity index (χ4n) is 8.17. The maximum absolute atomic E-state index is 2.59. The van der Waals surface area contributed by atoms with Gasteiger partial charge in [-0.3, -0.25) is 0 Å². The summed E-state index contributed by atoms with van der Waals surface area (Å²) in [6, 6.07) is 0. The maximum Gasteiger partial charge on any atom is -0.0156 e. The van der Waals surface area contributed by atoms with Crippen molar-refractivity contribution in [3.63, 3.8) is 0 Å². The molecule has 0 aromatic carbocycles. The Morgan fingerprint density at radius 2 is 0.975 bits per heavy atom. The molecule has 2 aliphatic rings. The minimum atomic E-state index is 0.479. The van der Waals surface area contributed by atoms with Gasteiger partial charge in [0.25, 0.3) is 0 Å². The lowest BCUT2D eigenvalue weighted by molar-refractivity contribution is 0.122. The number of rotatable bonds is 16. The molecular formula is C40H72. The summed E-state index contributed by atoms with van der Waals surface area (Å²) in [6.45, 7) is 24.6. The zero-order valence-electron chi connectivity index (χ0n) is 29.0. The van der Waals surface area contributed by atoms with Gasteiger partial charge in [-0.1, -0.05) is 157 Å². The van der Waals surface area contributed by atoms with Crippen LogP contribution in [0.1, 0.15) is 159 Å². The Morgan fingerprint density at radius 1 is 0.600 bits per heavy atom. The summed E-state index contributed by atoms with van der Waals surface area (Å²) in [5.41, 5.74) is 0.958. The van der Waals surface area contributed by atoms with Gasteiger partial charge in [0, 0.05) is 0 Å². The molecule has 0 spiro atoms. The van der Waals surface area contributed by atoms with Crippen molar-refractivity contribution in [3.8, 4) is 0 Å². The van der Waals surface area contributed by atoms with Gasteiger partial charge < -0.3 is 0 Å². The van der Waals surface area contributed by atoms with Crippen LogP contribution in [0.2, 0.25) is 0 Å². The summed E-state index contributed by atoms with van der Waals surface area (Å²) in [5.74, 6) is 6.26. The van der Waals surface area contributed by atoms with E-state index < -0.39 is 0 Å². The van der Waals surface area contributed by atoms with Crippen molar-refractivity contribution >= 4 is 0 Å². The van der Waals surface area contributed by atoms with Crippen LogP contribution in [0.3, 0.4) is 0 Å². The van der Waals surface area contributed by atoms with Crippen molar-refractivity contribution in [2.45, 2.75) is 159 Å². The average Bonchev–Trinajstić information content (AvgIpc) is 2.85. The first-order valence-electron chi connectivity index (χ1n) is 17.8. The highest BCUT2D eigenvalue weighted by molar-refractivity contribution is 5.02. The molecule has 0 bridgehead atoms. The molecule has 2 aliphatic carbocycles. The fraction of sp³-hybridized carbons (Fsp3) is 0.850. The molecule has 0 saturated heterocycles. The summed E-state index contributed by atoms with van der Waals surface area (Å²) in [5, 5.41) is 0. The molecule has 8 atom stereocenters. The van der Waals surface area contributed by atoms with Crippen LogP contribution in [0.25, 0.3) is 0 Å². The van der Waals surface area contributed by atoms with Crippen LogP contribution in [-0.4, -0.2) is 0 Å². The molecule has 40 heavy (non-hydrogen) atoms. The van der Waals surface area contributed by atoms with Gasteiger partial charge in [0.1, 0.15) is 0 Å². The van der Waals surface area contributed by atoms with E-state index in [0.717, 1.165) is 47.3 Å². The van der Waals surface area contributed by atoms with Crippen molar-refractivity contribution in [2.24, 2.45) is 58.2 Å². The lowest BCUT2D eigenvalue weighted by Crippen LogP contribution is -2.32. The molecule has 0 N–H and O–H groups in total. The average molecular weight is 553 g/mol. The van der Waals surface area contributed by atoms with E-state index in [1.165, 1.54) is 89.9 Å². The van der Waals surface area contributed by atoms with Crippen LogP contribution in [0, 0.1) is 58.2 Å². The monoisotopic (exact) mass is 553 g/mol. The van der Waals surface area contributed by atoms with Gasteiger partial charge in [-0.25, -0.2) is 0 Å². The minimum Gasteiger partial charge on any atom is -0.0883 e. The summed E-state index contributed by atoms with van der Waals surface area (Å²) in [7, 11) is 0. The quantitative estimate of drug-likeness (QED) is 0.167. The number of hydrogen-bond acceptors (Lipinski definition) is 0. The topological polar surface area (TPSA) is 0 Å². The zero-order valence-corrected chi connectivity index (χ0v) is 29.0. The van der Waals surface area contributed by atoms with E-state index >= 15 is 0 Å². The highest BCUT2D eigenvalue weighted by Crippen LogP contribution is 2.45. The van der Waals surface area contributed by atoms with Crippen LogP contribution in [0.4, 0.5) is 0 Å². The second-order valence-electron chi connectivity index (χ2n) is 16.5. The van der Waals surface area contributed by atoms with Crippen LogP contribution in [0.5, 0.6) is 0 Å². The summed E-state index contributed by atoms with van der Waals surface area (Å²) < 4.78 is 0. The SMILES string of the molecule is C[C@H](C/C=C/C[C@H](C)CCC[C@@H](C)/C=C/[C@H]1[C@H](C)CCCC1(C)C)CCC[C@H](C)/C=C/[C@@H]1[C@@H](C)CCCC1(C)C. The first kappa shape index (κ1) is 35.4. The molecule has 0 radical (unpaired) electrons. The number of allylic oxidation sites excluding steroid dienone is 6. The number of hydrogen-bond donors (Lipinski definition) is 0. The maximum atomic E-state index is 2.59. The zero-order chi connectivity index (χ0) is 29.8. The third kappa shape index (κ3) is 12.6. The van der Waals surface area contributed by atoms with Gasteiger partial charge in [-0.15, -0.1) is 0 Å². The first-order chi connectivity index (χ1) is 18.8. The minimum absolute atomic E-state index is 0.479. The van der Waals surface area contributed by atoms with Gasteiger partial charge in [0.2, 0.25) is 0 Å². The van der Waals surface area contributed by atoms with E-state index in [9.17, 15) is 0 Å². The molecule has 2 fully saturated rings. The van der Waals surface area contributed by atoms with Crippen molar-refractivity contribution in [3.05, 3.63) is 36.5 Å². The van der Waals surface area contributed by atoms with Crippen LogP contribution < -0.4 is 0 Å².